The van der Waals surface area contributed by atoms with Crippen LogP contribution in [0.25, 0.3) is 0 Å². The summed E-state index contributed by atoms with van der Waals surface area (Å²) in [6.07, 6.45) is 1.81. The average molecular weight is 271 g/mol. The zero-order valence-corrected chi connectivity index (χ0v) is 11.4. The van der Waals surface area contributed by atoms with Crippen LogP contribution in [0.1, 0.15) is 27.7 Å². The molecule has 0 bridgehead atoms. The SMILES string of the molecule is CC(C)C(C)(C)CNc1ccc(Br)cn1. The standard InChI is InChI=1S/C12H19BrN2/c1-9(2)12(3,4)8-15-11-6-5-10(13)7-14-11/h5-7,9H,8H2,1-4H3,(H,14,15). The molecule has 0 saturated carbocycles. The molecule has 0 aliphatic carbocycles. The minimum atomic E-state index is 0.286. The van der Waals surface area contributed by atoms with E-state index < -0.39 is 0 Å². The summed E-state index contributed by atoms with van der Waals surface area (Å²) in [5.74, 6) is 1.59. The largest absolute Gasteiger partial charge is 0.370 e. The lowest BCUT2D eigenvalue weighted by atomic mass is 9.81. The fourth-order valence-corrected chi connectivity index (χ4v) is 1.24. The fourth-order valence-electron chi connectivity index (χ4n) is 1.00. The Hall–Kier alpha value is -0.570. The van der Waals surface area contributed by atoms with Crippen molar-refractivity contribution >= 4 is 21.7 Å². The summed E-state index contributed by atoms with van der Waals surface area (Å²) in [6.45, 7) is 9.97. The normalized spacial score (nSPS) is 11.9. The number of rotatable bonds is 4. The first kappa shape index (κ1) is 12.5. The second-order valence-corrected chi connectivity index (χ2v) is 5.77. The van der Waals surface area contributed by atoms with Gasteiger partial charge in [-0.1, -0.05) is 27.7 Å². The summed E-state index contributed by atoms with van der Waals surface area (Å²) in [4.78, 5) is 4.28. The number of aromatic nitrogens is 1. The van der Waals surface area contributed by atoms with Crippen molar-refractivity contribution in [1.29, 1.82) is 0 Å². The number of nitrogens with one attached hydrogen (secondary N) is 1. The highest BCUT2D eigenvalue weighted by atomic mass is 79.9. The van der Waals surface area contributed by atoms with Gasteiger partial charge in [-0.2, -0.15) is 0 Å². The van der Waals surface area contributed by atoms with Gasteiger partial charge in [-0.15, -0.1) is 0 Å². The maximum Gasteiger partial charge on any atom is 0.125 e. The topological polar surface area (TPSA) is 24.9 Å². The Morgan fingerprint density at radius 2 is 2.07 bits per heavy atom. The maximum absolute atomic E-state index is 4.28. The summed E-state index contributed by atoms with van der Waals surface area (Å²) in [6, 6.07) is 3.98. The van der Waals surface area contributed by atoms with Gasteiger partial charge in [0, 0.05) is 17.2 Å². The first-order chi connectivity index (χ1) is 6.92. The summed E-state index contributed by atoms with van der Waals surface area (Å²) in [5, 5.41) is 3.36. The molecule has 2 nitrogen and oxygen atoms in total. The van der Waals surface area contributed by atoms with Crippen LogP contribution in [0.15, 0.2) is 22.8 Å². The molecule has 0 saturated heterocycles. The van der Waals surface area contributed by atoms with Gasteiger partial charge in [-0.3, -0.25) is 0 Å². The molecule has 0 aromatic carbocycles. The Morgan fingerprint density at radius 1 is 1.40 bits per heavy atom. The monoisotopic (exact) mass is 270 g/mol. The number of nitrogens with zero attached hydrogens (tertiary/aromatic N) is 1. The third-order valence-electron chi connectivity index (χ3n) is 3.02. The lowest BCUT2D eigenvalue weighted by Gasteiger charge is -2.29. The van der Waals surface area contributed by atoms with Gasteiger partial charge in [0.15, 0.2) is 0 Å². The lowest BCUT2D eigenvalue weighted by Crippen LogP contribution is -2.28. The minimum absolute atomic E-state index is 0.286. The van der Waals surface area contributed by atoms with Gasteiger partial charge in [-0.25, -0.2) is 4.98 Å². The summed E-state index contributed by atoms with van der Waals surface area (Å²) >= 11 is 3.37. The predicted octanol–water partition coefficient (Wildman–Crippen LogP) is 3.94. The molecule has 1 rings (SSSR count). The lowest BCUT2D eigenvalue weighted by molar-refractivity contribution is 0.269. The molecule has 1 heterocycles. The Kier molecular flexibility index (Phi) is 4.14. The van der Waals surface area contributed by atoms with Gasteiger partial charge in [0.05, 0.1) is 0 Å². The number of pyridine rings is 1. The van der Waals surface area contributed by atoms with Gasteiger partial charge in [0.1, 0.15) is 5.82 Å². The van der Waals surface area contributed by atoms with Crippen molar-refractivity contribution in [2.45, 2.75) is 27.7 Å². The fraction of sp³-hybridized carbons (Fsp3) is 0.583. The van der Waals surface area contributed by atoms with Crippen LogP contribution in [-0.2, 0) is 0 Å². The molecule has 84 valence electrons. The van der Waals surface area contributed by atoms with Gasteiger partial charge in [0.25, 0.3) is 0 Å². The van der Waals surface area contributed by atoms with E-state index in [1.165, 1.54) is 0 Å². The first-order valence-corrected chi connectivity index (χ1v) is 6.06. The van der Waals surface area contributed by atoms with Crippen LogP contribution >= 0.6 is 15.9 Å². The smallest absolute Gasteiger partial charge is 0.125 e. The highest BCUT2D eigenvalue weighted by Crippen LogP contribution is 2.26. The summed E-state index contributed by atoms with van der Waals surface area (Å²) < 4.78 is 1.01. The maximum atomic E-state index is 4.28. The molecule has 0 fully saturated rings. The molecule has 1 aromatic rings. The molecule has 0 unspecified atom stereocenters. The van der Waals surface area contributed by atoms with Crippen molar-refractivity contribution in [1.82, 2.24) is 4.98 Å². The molecule has 0 atom stereocenters. The van der Waals surface area contributed by atoms with Crippen molar-refractivity contribution in [3.05, 3.63) is 22.8 Å². The van der Waals surface area contributed by atoms with Gasteiger partial charge < -0.3 is 5.32 Å². The third-order valence-corrected chi connectivity index (χ3v) is 3.48. The quantitative estimate of drug-likeness (QED) is 0.897. The van der Waals surface area contributed by atoms with E-state index in [0.29, 0.717) is 5.92 Å². The Labute approximate surface area is 101 Å². The molecular formula is C12H19BrN2. The molecule has 1 aromatic heterocycles. The zero-order chi connectivity index (χ0) is 11.5. The van der Waals surface area contributed by atoms with Crippen molar-refractivity contribution in [3.8, 4) is 0 Å². The van der Waals surface area contributed by atoms with Crippen LogP contribution in [0, 0.1) is 11.3 Å². The summed E-state index contributed by atoms with van der Waals surface area (Å²) in [7, 11) is 0. The van der Waals surface area contributed by atoms with E-state index >= 15 is 0 Å². The molecule has 0 aliphatic rings. The van der Waals surface area contributed by atoms with Gasteiger partial charge in [-0.05, 0) is 39.4 Å². The Balaban J connectivity index is 2.54. The van der Waals surface area contributed by atoms with Crippen LogP contribution in [0.3, 0.4) is 0 Å². The third kappa shape index (κ3) is 3.82. The molecule has 15 heavy (non-hydrogen) atoms. The zero-order valence-electron chi connectivity index (χ0n) is 9.84. The number of anilines is 1. The van der Waals surface area contributed by atoms with Crippen LogP contribution < -0.4 is 5.32 Å². The van der Waals surface area contributed by atoms with Crippen LogP contribution in [0.5, 0.6) is 0 Å². The van der Waals surface area contributed by atoms with Crippen LogP contribution in [-0.4, -0.2) is 11.5 Å². The van der Waals surface area contributed by atoms with E-state index in [-0.39, 0.29) is 5.41 Å². The number of halogens is 1. The van der Waals surface area contributed by atoms with Crippen molar-refractivity contribution in [2.24, 2.45) is 11.3 Å². The van der Waals surface area contributed by atoms with E-state index in [1.807, 2.05) is 18.3 Å². The highest BCUT2D eigenvalue weighted by Gasteiger charge is 2.21. The van der Waals surface area contributed by atoms with E-state index in [2.05, 4.69) is 53.9 Å². The minimum Gasteiger partial charge on any atom is -0.370 e. The number of hydrogen-bond acceptors (Lipinski definition) is 2. The molecule has 0 amide bonds. The van der Waals surface area contributed by atoms with Crippen molar-refractivity contribution in [3.63, 3.8) is 0 Å². The molecule has 0 radical (unpaired) electrons. The molecule has 0 spiro atoms. The molecule has 1 N–H and O–H groups in total. The molecule has 3 heteroatoms. The first-order valence-electron chi connectivity index (χ1n) is 5.27. The van der Waals surface area contributed by atoms with Gasteiger partial charge >= 0.3 is 0 Å². The van der Waals surface area contributed by atoms with Crippen LogP contribution in [0.4, 0.5) is 5.82 Å². The van der Waals surface area contributed by atoms with E-state index in [1.54, 1.807) is 0 Å². The van der Waals surface area contributed by atoms with E-state index in [9.17, 15) is 0 Å². The Bertz CT molecular complexity index is 304. The molecule has 0 aliphatic heterocycles. The molecular weight excluding hydrogens is 252 g/mol. The van der Waals surface area contributed by atoms with Crippen molar-refractivity contribution < 1.29 is 0 Å². The predicted molar refractivity (Wildman–Crippen MR) is 69.0 cm³/mol. The summed E-state index contributed by atoms with van der Waals surface area (Å²) in [5.41, 5.74) is 0.286. The Morgan fingerprint density at radius 3 is 2.53 bits per heavy atom. The second-order valence-electron chi connectivity index (χ2n) is 4.86. The van der Waals surface area contributed by atoms with Gasteiger partial charge in [0.2, 0.25) is 0 Å². The average Bonchev–Trinajstić information content (AvgIpc) is 2.17. The second kappa shape index (κ2) is 4.97. The highest BCUT2D eigenvalue weighted by molar-refractivity contribution is 9.10. The van der Waals surface area contributed by atoms with E-state index in [4.69, 9.17) is 0 Å². The van der Waals surface area contributed by atoms with E-state index in [0.717, 1.165) is 16.8 Å². The van der Waals surface area contributed by atoms with Crippen LogP contribution in [0.2, 0.25) is 0 Å². The number of hydrogen-bond donors (Lipinski definition) is 1. The van der Waals surface area contributed by atoms with Crippen molar-refractivity contribution in [2.75, 3.05) is 11.9 Å².